The summed E-state index contributed by atoms with van der Waals surface area (Å²) in [7, 11) is 0. The fourth-order valence-electron chi connectivity index (χ4n) is 2.22. The zero-order chi connectivity index (χ0) is 16.3. The molecule has 2 rings (SSSR count). The van der Waals surface area contributed by atoms with Crippen LogP contribution in [0.3, 0.4) is 0 Å². The number of β-amino-alcohol motifs (C(OH)–C–C–N with tert-alkyl or cyclic N) is 1. The molecule has 1 fully saturated rings. The lowest BCUT2D eigenvalue weighted by Crippen LogP contribution is -2.46. The van der Waals surface area contributed by atoms with E-state index in [9.17, 15) is 23.1 Å². The third-order valence-electron chi connectivity index (χ3n) is 3.58. The molecular weight excluding hydrogens is 301 g/mol. The van der Waals surface area contributed by atoms with Crippen LogP contribution < -0.4 is 4.74 Å². The number of amides is 1. The van der Waals surface area contributed by atoms with E-state index >= 15 is 0 Å². The molecule has 8 heteroatoms. The van der Waals surface area contributed by atoms with Gasteiger partial charge in [0.15, 0.2) is 6.61 Å². The molecule has 1 aromatic heterocycles. The van der Waals surface area contributed by atoms with Crippen molar-refractivity contribution in [3.8, 4) is 5.88 Å². The van der Waals surface area contributed by atoms with Crippen LogP contribution in [0.4, 0.5) is 13.2 Å². The minimum absolute atomic E-state index is 0.0338. The van der Waals surface area contributed by atoms with Gasteiger partial charge in [0.2, 0.25) is 5.88 Å². The Morgan fingerprint density at radius 3 is 2.91 bits per heavy atom. The summed E-state index contributed by atoms with van der Waals surface area (Å²) in [5, 5.41) is 9.83. The first-order chi connectivity index (χ1) is 10.3. The number of aliphatic hydroxyl groups is 1. The number of hydrogen-bond acceptors (Lipinski definition) is 4. The summed E-state index contributed by atoms with van der Waals surface area (Å²) < 4.78 is 41.3. The molecule has 1 aromatic rings. The first-order valence-electron chi connectivity index (χ1n) is 6.90. The number of hydrogen-bond donors (Lipinski definition) is 1. The van der Waals surface area contributed by atoms with Crippen molar-refractivity contribution in [2.24, 2.45) is 5.92 Å². The molecule has 0 bridgehead atoms. The number of likely N-dealkylation sites (tertiary alicyclic amines) is 1. The van der Waals surface area contributed by atoms with Crippen LogP contribution in [0, 0.1) is 5.92 Å². The molecule has 1 N–H and O–H groups in total. The van der Waals surface area contributed by atoms with Gasteiger partial charge in [0, 0.05) is 19.3 Å². The van der Waals surface area contributed by atoms with Crippen LogP contribution in [-0.4, -0.2) is 52.9 Å². The highest BCUT2D eigenvalue weighted by molar-refractivity contribution is 5.96. The molecule has 0 aromatic carbocycles. The Balaban J connectivity index is 2.12. The Labute approximate surface area is 125 Å². The number of aliphatic hydroxyl groups excluding tert-OH is 1. The molecule has 0 saturated carbocycles. The lowest BCUT2D eigenvalue weighted by molar-refractivity contribution is -0.154. The second-order valence-electron chi connectivity index (χ2n) is 5.34. The predicted molar refractivity (Wildman–Crippen MR) is 71.5 cm³/mol. The molecule has 0 spiro atoms. The van der Waals surface area contributed by atoms with Crippen molar-refractivity contribution in [2.75, 3.05) is 19.7 Å². The Morgan fingerprint density at radius 1 is 1.55 bits per heavy atom. The van der Waals surface area contributed by atoms with Gasteiger partial charge in [0.1, 0.15) is 5.56 Å². The minimum Gasteiger partial charge on any atom is -0.467 e. The summed E-state index contributed by atoms with van der Waals surface area (Å²) >= 11 is 0. The molecule has 122 valence electrons. The Hall–Kier alpha value is -1.83. The van der Waals surface area contributed by atoms with E-state index in [-0.39, 0.29) is 23.9 Å². The second-order valence-corrected chi connectivity index (χ2v) is 5.34. The van der Waals surface area contributed by atoms with E-state index in [1.807, 2.05) is 6.92 Å². The zero-order valence-corrected chi connectivity index (χ0v) is 12.0. The molecule has 1 saturated heterocycles. The number of ether oxygens (including phenoxy) is 1. The molecule has 1 aliphatic heterocycles. The normalized spacial score (nSPS) is 22.5. The van der Waals surface area contributed by atoms with E-state index in [1.54, 1.807) is 0 Å². The maximum absolute atomic E-state index is 12.4. The molecule has 2 atom stereocenters. The largest absolute Gasteiger partial charge is 0.467 e. The Kier molecular flexibility index (Phi) is 4.90. The number of aromatic nitrogens is 1. The van der Waals surface area contributed by atoms with Crippen LogP contribution in [0.1, 0.15) is 23.7 Å². The number of carbonyl (C=O) groups excluding carboxylic acids is 1. The molecule has 2 heterocycles. The van der Waals surface area contributed by atoms with Crippen LogP contribution in [-0.2, 0) is 0 Å². The summed E-state index contributed by atoms with van der Waals surface area (Å²) in [4.78, 5) is 17.5. The van der Waals surface area contributed by atoms with Crippen LogP contribution in [0.25, 0.3) is 0 Å². The Bertz CT molecular complexity index is 536. The van der Waals surface area contributed by atoms with Gasteiger partial charge in [-0.25, -0.2) is 4.98 Å². The maximum Gasteiger partial charge on any atom is 0.422 e. The van der Waals surface area contributed by atoms with E-state index in [0.717, 1.165) is 0 Å². The number of pyridine rings is 1. The average molecular weight is 318 g/mol. The molecular formula is C14H17F3N2O3. The maximum atomic E-state index is 12.4. The van der Waals surface area contributed by atoms with Crippen LogP contribution in [0.15, 0.2) is 18.3 Å². The fraction of sp³-hybridized carbons (Fsp3) is 0.571. The molecule has 22 heavy (non-hydrogen) atoms. The first kappa shape index (κ1) is 16.5. The molecule has 5 nitrogen and oxygen atoms in total. The van der Waals surface area contributed by atoms with Gasteiger partial charge in [-0.1, -0.05) is 6.92 Å². The van der Waals surface area contributed by atoms with Crippen LogP contribution in [0.2, 0.25) is 0 Å². The second kappa shape index (κ2) is 6.51. The SMILES string of the molecule is CC1CCN(C(=O)c2cccnc2OCC(F)(F)F)CC1O. The average Bonchev–Trinajstić information content (AvgIpc) is 2.47. The highest BCUT2D eigenvalue weighted by atomic mass is 19.4. The van der Waals surface area contributed by atoms with Gasteiger partial charge in [0.25, 0.3) is 5.91 Å². The number of rotatable bonds is 3. The van der Waals surface area contributed by atoms with Gasteiger partial charge < -0.3 is 14.7 Å². The number of halogens is 3. The van der Waals surface area contributed by atoms with Gasteiger partial charge in [-0.2, -0.15) is 13.2 Å². The van der Waals surface area contributed by atoms with Crippen LogP contribution >= 0.6 is 0 Å². The fourth-order valence-corrected chi connectivity index (χ4v) is 2.22. The quantitative estimate of drug-likeness (QED) is 0.924. The summed E-state index contributed by atoms with van der Waals surface area (Å²) in [5.41, 5.74) is -0.0338. The minimum atomic E-state index is -4.51. The van der Waals surface area contributed by atoms with Crippen molar-refractivity contribution in [3.05, 3.63) is 23.9 Å². The van der Waals surface area contributed by atoms with Gasteiger partial charge in [-0.3, -0.25) is 4.79 Å². The van der Waals surface area contributed by atoms with Crippen molar-refractivity contribution < 1.29 is 27.8 Å². The van der Waals surface area contributed by atoms with Gasteiger partial charge >= 0.3 is 6.18 Å². The number of alkyl halides is 3. The van der Waals surface area contributed by atoms with Crippen LogP contribution in [0.5, 0.6) is 5.88 Å². The number of nitrogens with zero attached hydrogens (tertiary/aromatic N) is 2. The monoisotopic (exact) mass is 318 g/mol. The standard InChI is InChI=1S/C14H17F3N2O3/c1-9-4-6-19(7-11(9)20)13(21)10-3-2-5-18-12(10)22-8-14(15,16)17/h2-3,5,9,11,20H,4,6-8H2,1H3. The van der Waals surface area contributed by atoms with Crippen molar-refractivity contribution in [3.63, 3.8) is 0 Å². The molecule has 2 unspecified atom stereocenters. The molecule has 0 aliphatic carbocycles. The van der Waals surface area contributed by atoms with Crippen molar-refractivity contribution >= 4 is 5.91 Å². The molecule has 1 amide bonds. The third-order valence-corrected chi connectivity index (χ3v) is 3.58. The summed E-state index contributed by atoms with van der Waals surface area (Å²) in [5.74, 6) is -0.756. The lowest BCUT2D eigenvalue weighted by Gasteiger charge is -2.34. The third kappa shape index (κ3) is 4.09. The Morgan fingerprint density at radius 2 is 2.27 bits per heavy atom. The highest BCUT2D eigenvalue weighted by Crippen LogP contribution is 2.24. The summed E-state index contributed by atoms with van der Waals surface area (Å²) in [6.07, 6.45) is -3.26. The molecule has 1 aliphatic rings. The van der Waals surface area contributed by atoms with E-state index < -0.39 is 24.8 Å². The van der Waals surface area contributed by atoms with Gasteiger partial charge in [-0.05, 0) is 24.5 Å². The summed E-state index contributed by atoms with van der Waals surface area (Å²) in [6.45, 7) is 0.955. The van der Waals surface area contributed by atoms with Crippen molar-refractivity contribution in [1.29, 1.82) is 0 Å². The topological polar surface area (TPSA) is 62.7 Å². The van der Waals surface area contributed by atoms with Crippen molar-refractivity contribution in [2.45, 2.75) is 25.6 Å². The zero-order valence-electron chi connectivity index (χ0n) is 12.0. The number of carbonyl (C=O) groups is 1. The number of piperidine rings is 1. The van der Waals surface area contributed by atoms with E-state index in [1.165, 1.54) is 23.2 Å². The van der Waals surface area contributed by atoms with Crippen molar-refractivity contribution in [1.82, 2.24) is 9.88 Å². The first-order valence-corrected chi connectivity index (χ1v) is 6.90. The predicted octanol–water partition coefficient (Wildman–Crippen LogP) is 1.87. The summed E-state index contributed by atoms with van der Waals surface area (Å²) in [6, 6.07) is 2.82. The van der Waals surface area contributed by atoms with E-state index in [4.69, 9.17) is 0 Å². The van der Waals surface area contributed by atoms with E-state index in [2.05, 4.69) is 9.72 Å². The highest BCUT2D eigenvalue weighted by Gasteiger charge is 2.32. The van der Waals surface area contributed by atoms with Gasteiger partial charge in [0.05, 0.1) is 6.10 Å². The van der Waals surface area contributed by atoms with E-state index in [0.29, 0.717) is 13.0 Å². The lowest BCUT2D eigenvalue weighted by atomic mass is 9.95. The molecule has 0 radical (unpaired) electrons. The smallest absolute Gasteiger partial charge is 0.422 e. The van der Waals surface area contributed by atoms with Gasteiger partial charge in [-0.15, -0.1) is 0 Å².